The maximum Gasteiger partial charge on any atom is 0.246 e. The number of carbonyl (C=O) groups excluding carboxylic acids is 1. The Kier molecular flexibility index (Phi) is 7.30. The van der Waals surface area contributed by atoms with Gasteiger partial charge in [-0.3, -0.25) is 9.69 Å². The summed E-state index contributed by atoms with van der Waals surface area (Å²) in [6.45, 7) is 4.43. The number of anilines is 1. The fourth-order valence-electron chi connectivity index (χ4n) is 4.86. The van der Waals surface area contributed by atoms with Crippen molar-refractivity contribution in [2.24, 2.45) is 5.92 Å². The Bertz CT molecular complexity index is 1600. The van der Waals surface area contributed by atoms with E-state index < -0.39 is 32.5 Å². The van der Waals surface area contributed by atoms with Gasteiger partial charge in [0, 0.05) is 19.0 Å². The highest BCUT2D eigenvalue weighted by atomic mass is 32.2. The lowest BCUT2D eigenvalue weighted by molar-refractivity contribution is -0.123. The van der Waals surface area contributed by atoms with Gasteiger partial charge in [0.15, 0.2) is 5.13 Å². The molecule has 0 unspecified atom stereocenters. The maximum absolute atomic E-state index is 14.2. The maximum atomic E-state index is 14.2. The van der Waals surface area contributed by atoms with Crippen LogP contribution in [0.1, 0.15) is 29.5 Å². The van der Waals surface area contributed by atoms with Crippen LogP contribution >= 0.6 is 11.3 Å². The molecule has 1 aliphatic heterocycles. The second kappa shape index (κ2) is 10.5. The van der Waals surface area contributed by atoms with Crippen LogP contribution in [0.2, 0.25) is 0 Å². The van der Waals surface area contributed by atoms with Crippen LogP contribution in [0.25, 0.3) is 10.2 Å². The minimum Gasteiger partial charge on any atom is -0.283 e. The van der Waals surface area contributed by atoms with Gasteiger partial charge in [-0.15, -0.1) is 0 Å². The number of halogens is 2. The van der Waals surface area contributed by atoms with Crippen molar-refractivity contribution < 1.29 is 22.0 Å². The standard InChI is InChI=1S/C28H27F2N3O3S2/c1-18-14-19(2)26-24(15-18)37-28(31-26)33(17-20-6-4-3-5-7-20)27(34)21-10-12-32(13-11-21)38(35,36)25-16-22(29)8-9-23(25)30/h3-9,14-16,21H,10-13,17H2,1-2H3. The molecular weight excluding hydrogens is 528 g/mol. The molecule has 1 aromatic heterocycles. The van der Waals surface area contributed by atoms with Crippen LogP contribution in [-0.2, 0) is 21.4 Å². The lowest BCUT2D eigenvalue weighted by Crippen LogP contribution is -2.44. The van der Waals surface area contributed by atoms with Gasteiger partial charge in [-0.05, 0) is 67.6 Å². The van der Waals surface area contributed by atoms with Gasteiger partial charge in [0.2, 0.25) is 15.9 Å². The van der Waals surface area contributed by atoms with Gasteiger partial charge in [-0.1, -0.05) is 47.7 Å². The number of aromatic nitrogens is 1. The van der Waals surface area contributed by atoms with Crippen molar-refractivity contribution in [3.05, 3.63) is 89.0 Å². The van der Waals surface area contributed by atoms with E-state index in [0.717, 1.165) is 43.3 Å². The molecular formula is C28H27F2N3O3S2. The van der Waals surface area contributed by atoms with E-state index in [4.69, 9.17) is 4.98 Å². The Morgan fingerprint density at radius 3 is 2.47 bits per heavy atom. The fraction of sp³-hybridized carbons (Fsp3) is 0.286. The summed E-state index contributed by atoms with van der Waals surface area (Å²) < 4.78 is 56.0. The van der Waals surface area contributed by atoms with Gasteiger partial charge in [0.25, 0.3) is 0 Å². The molecule has 3 aromatic carbocycles. The van der Waals surface area contributed by atoms with Crippen LogP contribution < -0.4 is 4.90 Å². The van der Waals surface area contributed by atoms with Gasteiger partial charge < -0.3 is 0 Å². The molecule has 0 atom stereocenters. The first-order valence-corrected chi connectivity index (χ1v) is 14.6. The average Bonchev–Trinajstić information content (AvgIpc) is 3.33. The number of amides is 1. The second-order valence-corrected chi connectivity index (χ2v) is 12.5. The zero-order valence-electron chi connectivity index (χ0n) is 21.0. The molecule has 2 heterocycles. The van der Waals surface area contributed by atoms with E-state index in [1.54, 1.807) is 4.90 Å². The molecule has 4 aromatic rings. The molecule has 0 N–H and O–H groups in total. The molecule has 0 bridgehead atoms. The summed E-state index contributed by atoms with van der Waals surface area (Å²) in [4.78, 5) is 19.7. The van der Waals surface area contributed by atoms with Crippen LogP contribution in [-0.4, -0.2) is 36.7 Å². The fourth-order valence-corrected chi connectivity index (χ4v) is 7.55. The van der Waals surface area contributed by atoms with Gasteiger partial charge in [-0.2, -0.15) is 4.31 Å². The molecule has 38 heavy (non-hydrogen) atoms. The molecule has 0 aliphatic carbocycles. The first kappa shape index (κ1) is 26.4. The number of hydrogen-bond donors (Lipinski definition) is 0. The minimum absolute atomic E-state index is 0.0337. The number of carbonyl (C=O) groups is 1. The van der Waals surface area contributed by atoms with Crippen molar-refractivity contribution >= 4 is 42.6 Å². The Balaban J connectivity index is 1.40. The first-order chi connectivity index (χ1) is 18.1. The lowest BCUT2D eigenvalue weighted by Gasteiger charge is -2.33. The Labute approximate surface area is 224 Å². The number of hydrogen-bond acceptors (Lipinski definition) is 5. The van der Waals surface area contributed by atoms with Crippen molar-refractivity contribution in [2.75, 3.05) is 18.0 Å². The SMILES string of the molecule is Cc1cc(C)c2nc(N(Cc3ccccc3)C(=O)C3CCN(S(=O)(=O)c4cc(F)ccc4F)CC3)sc2c1. The number of sulfonamides is 1. The molecule has 10 heteroatoms. The molecule has 1 fully saturated rings. The quantitative estimate of drug-likeness (QED) is 0.300. The van der Waals surface area contributed by atoms with E-state index in [0.29, 0.717) is 17.7 Å². The van der Waals surface area contributed by atoms with Crippen LogP contribution in [0.4, 0.5) is 13.9 Å². The number of piperidine rings is 1. The highest BCUT2D eigenvalue weighted by Crippen LogP contribution is 2.35. The predicted octanol–water partition coefficient (Wildman–Crippen LogP) is 5.83. The number of fused-ring (bicyclic) bond motifs is 1. The molecule has 0 spiro atoms. The topological polar surface area (TPSA) is 70.6 Å². The number of nitrogens with zero attached hydrogens (tertiary/aromatic N) is 3. The number of benzene rings is 3. The van der Waals surface area contributed by atoms with Crippen LogP contribution in [0.15, 0.2) is 65.6 Å². The summed E-state index contributed by atoms with van der Waals surface area (Å²) in [5.74, 6) is -2.39. The highest BCUT2D eigenvalue weighted by Gasteiger charge is 2.36. The van der Waals surface area contributed by atoms with Gasteiger partial charge in [-0.25, -0.2) is 22.2 Å². The smallest absolute Gasteiger partial charge is 0.246 e. The Morgan fingerprint density at radius 2 is 1.76 bits per heavy atom. The average molecular weight is 556 g/mol. The predicted molar refractivity (Wildman–Crippen MR) is 145 cm³/mol. The Hall–Kier alpha value is -3.21. The number of thiazole rings is 1. The third kappa shape index (κ3) is 5.21. The van der Waals surface area contributed by atoms with Gasteiger partial charge in [0.1, 0.15) is 16.5 Å². The largest absolute Gasteiger partial charge is 0.283 e. The zero-order chi connectivity index (χ0) is 27.0. The van der Waals surface area contributed by atoms with E-state index in [9.17, 15) is 22.0 Å². The Morgan fingerprint density at radius 1 is 1.05 bits per heavy atom. The molecule has 1 amide bonds. The minimum atomic E-state index is -4.23. The van der Waals surface area contributed by atoms with Crippen molar-refractivity contribution in [2.45, 2.75) is 38.1 Å². The third-order valence-corrected chi connectivity index (χ3v) is 9.75. The van der Waals surface area contributed by atoms with E-state index in [2.05, 4.69) is 12.1 Å². The van der Waals surface area contributed by atoms with E-state index in [-0.39, 0.29) is 31.8 Å². The summed E-state index contributed by atoms with van der Waals surface area (Å²) in [6, 6.07) is 16.1. The van der Waals surface area contributed by atoms with E-state index >= 15 is 0 Å². The molecule has 1 saturated heterocycles. The number of rotatable bonds is 6. The van der Waals surface area contributed by atoms with E-state index in [1.807, 2.05) is 44.2 Å². The second-order valence-electron chi connectivity index (χ2n) is 9.59. The molecule has 1 aliphatic rings. The lowest BCUT2D eigenvalue weighted by atomic mass is 9.96. The molecule has 198 valence electrons. The van der Waals surface area contributed by atoms with Crippen LogP contribution in [0.5, 0.6) is 0 Å². The molecule has 5 rings (SSSR count). The van der Waals surface area contributed by atoms with Crippen molar-refractivity contribution in [1.82, 2.24) is 9.29 Å². The zero-order valence-corrected chi connectivity index (χ0v) is 22.7. The van der Waals surface area contributed by atoms with Crippen LogP contribution in [0.3, 0.4) is 0 Å². The summed E-state index contributed by atoms with van der Waals surface area (Å²) >= 11 is 1.46. The molecule has 0 radical (unpaired) electrons. The van der Waals surface area contributed by atoms with Crippen LogP contribution in [0, 0.1) is 31.4 Å². The van der Waals surface area contributed by atoms with Crippen molar-refractivity contribution in [3.8, 4) is 0 Å². The van der Waals surface area contributed by atoms with Crippen molar-refractivity contribution in [3.63, 3.8) is 0 Å². The first-order valence-electron chi connectivity index (χ1n) is 12.3. The highest BCUT2D eigenvalue weighted by molar-refractivity contribution is 7.89. The normalized spacial score (nSPS) is 15.2. The van der Waals surface area contributed by atoms with Crippen molar-refractivity contribution in [1.29, 1.82) is 0 Å². The summed E-state index contributed by atoms with van der Waals surface area (Å²) in [6.07, 6.45) is 0.534. The summed E-state index contributed by atoms with van der Waals surface area (Å²) in [5, 5.41) is 0.597. The third-order valence-electron chi connectivity index (χ3n) is 6.81. The summed E-state index contributed by atoms with van der Waals surface area (Å²) in [7, 11) is -4.23. The van der Waals surface area contributed by atoms with E-state index in [1.165, 1.54) is 11.3 Å². The number of aryl methyl sites for hydroxylation is 2. The summed E-state index contributed by atoms with van der Waals surface area (Å²) in [5.41, 5.74) is 3.97. The van der Waals surface area contributed by atoms with Gasteiger partial charge >= 0.3 is 0 Å². The molecule has 0 saturated carbocycles. The van der Waals surface area contributed by atoms with Gasteiger partial charge in [0.05, 0.1) is 16.8 Å². The monoisotopic (exact) mass is 555 g/mol. The molecule has 6 nitrogen and oxygen atoms in total.